The van der Waals surface area contributed by atoms with Crippen molar-refractivity contribution in [2.75, 3.05) is 6.61 Å². The monoisotopic (exact) mass is 232 g/mol. The van der Waals surface area contributed by atoms with Gasteiger partial charge < -0.3 is 4.74 Å². The highest BCUT2D eigenvalue weighted by Gasteiger charge is 2.02. The van der Waals surface area contributed by atoms with Crippen molar-refractivity contribution in [1.82, 2.24) is 0 Å². The first-order chi connectivity index (χ1) is 8.92. The number of benzene rings is 3. The third-order valence-corrected chi connectivity index (χ3v) is 3.56. The fourth-order valence-corrected chi connectivity index (χ4v) is 2.65. The first kappa shape index (κ1) is 9.72. The molecule has 0 saturated heterocycles. The SMILES string of the molecule is C1=c2ccc3cc4ccccc4cc3c2=CCO1. The van der Waals surface area contributed by atoms with Gasteiger partial charge in [0.1, 0.15) is 6.61 Å². The van der Waals surface area contributed by atoms with Gasteiger partial charge >= 0.3 is 0 Å². The first-order valence-electron chi connectivity index (χ1n) is 6.15. The second-order valence-corrected chi connectivity index (χ2v) is 4.64. The van der Waals surface area contributed by atoms with Crippen LogP contribution in [0, 0.1) is 0 Å². The van der Waals surface area contributed by atoms with E-state index in [1.54, 1.807) is 0 Å². The average Bonchev–Trinajstić information content (AvgIpc) is 2.45. The minimum atomic E-state index is 0.666. The number of hydrogen-bond acceptors (Lipinski definition) is 1. The van der Waals surface area contributed by atoms with Crippen molar-refractivity contribution in [1.29, 1.82) is 0 Å². The van der Waals surface area contributed by atoms with E-state index in [2.05, 4.69) is 54.6 Å². The zero-order valence-electron chi connectivity index (χ0n) is 9.89. The molecular weight excluding hydrogens is 220 g/mol. The number of ether oxygens (including phenoxy) is 1. The molecule has 0 fully saturated rings. The molecule has 18 heavy (non-hydrogen) atoms. The molecule has 3 aromatic rings. The van der Waals surface area contributed by atoms with E-state index in [-0.39, 0.29) is 0 Å². The highest BCUT2D eigenvalue weighted by molar-refractivity contribution is 5.98. The maximum atomic E-state index is 5.35. The standard InChI is InChI=1S/C17H12O/c1-2-4-13-10-17-14(9-12(13)3-1)5-6-15-11-18-8-7-16(15)17/h1-7,9-11H,8H2. The van der Waals surface area contributed by atoms with Crippen LogP contribution in [0.2, 0.25) is 0 Å². The quantitative estimate of drug-likeness (QED) is 0.541. The number of fused-ring (bicyclic) bond motifs is 4. The van der Waals surface area contributed by atoms with Crippen molar-refractivity contribution in [3.63, 3.8) is 0 Å². The predicted molar refractivity (Wildman–Crippen MR) is 75.6 cm³/mol. The van der Waals surface area contributed by atoms with Crippen molar-refractivity contribution >= 4 is 33.9 Å². The lowest BCUT2D eigenvalue weighted by atomic mass is 10.0. The molecule has 0 amide bonds. The number of hydrogen-bond donors (Lipinski definition) is 0. The lowest BCUT2D eigenvalue weighted by Crippen LogP contribution is -2.28. The lowest BCUT2D eigenvalue weighted by molar-refractivity contribution is 0.346. The summed E-state index contributed by atoms with van der Waals surface area (Å²) in [6.07, 6.45) is 4.01. The van der Waals surface area contributed by atoms with Crippen LogP contribution in [0.3, 0.4) is 0 Å². The Morgan fingerprint density at radius 1 is 0.833 bits per heavy atom. The third-order valence-electron chi connectivity index (χ3n) is 3.56. The van der Waals surface area contributed by atoms with Gasteiger partial charge in [-0.15, -0.1) is 0 Å². The van der Waals surface area contributed by atoms with Gasteiger partial charge in [0.25, 0.3) is 0 Å². The molecule has 1 heteroatoms. The third kappa shape index (κ3) is 1.34. The normalized spacial score (nSPS) is 13.6. The van der Waals surface area contributed by atoms with Gasteiger partial charge in [-0.25, -0.2) is 0 Å². The van der Waals surface area contributed by atoms with Crippen LogP contribution in [0.15, 0.2) is 48.5 Å². The zero-order chi connectivity index (χ0) is 11.9. The molecule has 1 nitrogen and oxygen atoms in total. The molecule has 1 heterocycles. The van der Waals surface area contributed by atoms with Crippen molar-refractivity contribution in [2.45, 2.75) is 0 Å². The molecule has 0 N–H and O–H groups in total. The maximum Gasteiger partial charge on any atom is 0.106 e. The Labute approximate surface area is 105 Å². The van der Waals surface area contributed by atoms with Gasteiger partial charge in [0.15, 0.2) is 0 Å². The summed E-state index contributed by atoms with van der Waals surface area (Å²) in [5.74, 6) is 0. The van der Waals surface area contributed by atoms with Gasteiger partial charge in [-0.05, 0) is 45.0 Å². The van der Waals surface area contributed by atoms with E-state index in [1.807, 2.05) is 6.26 Å². The predicted octanol–water partition coefficient (Wildman–Crippen LogP) is 2.54. The topological polar surface area (TPSA) is 9.23 Å². The molecule has 0 radical (unpaired) electrons. The molecule has 4 rings (SSSR count). The van der Waals surface area contributed by atoms with Crippen molar-refractivity contribution in [3.8, 4) is 0 Å². The minimum absolute atomic E-state index is 0.666. The molecule has 1 aliphatic heterocycles. The summed E-state index contributed by atoms with van der Waals surface area (Å²) < 4.78 is 5.35. The van der Waals surface area contributed by atoms with Gasteiger partial charge in [0.2, 0.25) is 0 Å². The van der Waals surface area contributed by atoms with E-state index in [1.165, 1.54) is 32.0 Å². The molecule has 0 aliphatic carbocycles. The van der Waals surface area contributed by atoms with E-state index in [0.717, 1.165) is 0 Å². The summed E-state index contributed by atoms with van der Waals surface area (Å²) in [7, 11) is 0. The summed E-state index contributed by atoms with van der Waals surface area (Å²) in [6.45, 7) is 0.666. The van der Waals surface area contributed by atoms with Crippen molar-refractivity contribution < 1.29 is 4.74 Å². The van der Waals surface area contributed by atoms with E-state index >= 15 is 0 Å². The van der Waals surface area contributed by atoms with Crippen LogP contribution >= 0.6 is 0 Å². The molecule has 86 valence electrons. The summed E-state index contributed by atoms with van der Waals surface area (Å²) in [5, 5.41) is 7.65. The van der Waals surface area contributed by atoms with E-state index in [9.17, 15) is 0 Å². The van der Waals surface area contributed by atoms with Gasteiger partial charge in [-0.3, -0.25) is 0 Å². The first-order valence-corrected chi connectivity index (χ1v) is 6.15. The second-order valence-electron chi connectivity index (χ2n) is 4.64. The Bertz CT molecular complexity index is 875. The van der Waals surface area contributed by atoms with Gasteiger partial charge in [-0.2, -0.15) is 0 Å². The van der Waals surface area contributed by atoms with E-state index in [4.69, 9.17) is 4.74 Å². The summed E-state index contributed by atoms with van der Waals surface area (Å²) >= 11 is 0. The smallest absolute Gasteiger partial charge is 0.106 e. The Hall–Kier alpha value is -2.28. The Balaban J connectivity index is 2.26. The Kier molecular flexibility index (Phi) is 1.95. The Morgan fingerprint density at radius 3 is 2.56 bits per heavy atom. The lowest BCUT2D eigenvalue weighted by Gasteiger charge is -2.07. The molecule has 0 atom stereocenters. The Morgan fingerprint density at radius 2 is 1.67 bits per heavy atom. The van der Waals surface area contributed by atoms with Crippen LogP contribution in [0.25, 0.3) is 33.9 Å². The summed E-state index contributed by atoms with van der Waals surface area (Å²) in [5.41, 5.74) is 0. The molecule has 0 aromatic heterocycles. The van der Waals surface area contributed by atoms with Crippen molar-refractivity contribution in [3.05, 3.63) is 59.0 Å². The maximum absolute atomic E-state index is 5.35. The summed E-state index contributed by atoms with van der Waals surface area (Å²) in [4.78, 5) is 0. The number of rotatable bonds is 0. The van der Waals surface area contributed by atoms with E-state index in [0.29, 0.717) is 6.61 Å². The second kappa shape index (κ2) is 3.61. The van der Waals surface area contributed by atoms with Gasteiger partial charge in [0.05, 0.1) is 6.26 Å². The minimum Gasteiger partial charge on any atom is -0.496 e. The van der Waals surface area contributed by atoms with E-state index < -0.39 is 0 Å². The average molecular weight is 232 g/mol. The summed E-state index contributed by atoms with van der Waals surface area (Å²) in [6, 6.07) is 17.3. The van der Waals surface area contributed by atoms with Gasteiger partial charge in [-0.1, -0.05) is 36.4 Å². The fraction of sp³-hybridized carbons (Fsp3) is 0.0588. The molecule has 1 aliphatic rings. The molecule has 0 saturated carbocycles. The van der Waals surface area contributed by atoms with Crippen LogP contribution in [-0.2, 0) is 4.74 Å². The van der Waals surface area contributed by atoms with Crippen LogP contribution in [0.1, 0.15) is 0 Å². The fourth-order valence-electron chi connectivity index (χ4n) is 2.65. The molecule has 0 spiro atoms. The van der Waals surface area contributed by atoms with Crippen LogP contribution < -0.4 is 10.4 Å². The highest BCUT2D eigenvalue weighted by atomic mass is 16.5. The zero-order valence-corrected chi connectivity index (χ0v) is 9.89. The van der Waals surface area contributed by atoms with Crippen molar-refractivity contribution in [2.24, 2.45) is 0 Å². The van der Waals surface area contributed by atoms with Gasteiger partial charge in [0, 0.05) is 5.22 Å². The van der Waals surface area contributed by atoms with Crippen LogP contribution in [-0.4, -0.2) is 6.61 Å². The molecule has 0 bridgehead atoms. The largest absolute Gasteiger partial charge is 0.496 e. The molecular formula is C17H12O. The molecule has 0 unspecified atom stereocenters. The highest BCUT2D eigenvalue weighted by Crippen LogP contribution is 2.19. The molecule has 3 aromatic carbocycles. The van der Waals surface area contributed by atoms with Crippen LogP contribution in [0.5, 0.6) is 0 Å². The van der Waals surface area contributed by atoms with Crippen LogP contribution in [0.4, 0.5) is 0 Å².